The van der Waals surface area contributed by atoms with E-state index < -0.39 is 0 Å². The normalized spacial score (nSPS) is 12.8. The summed E-state index contributed by atoms with van der Waals surface area (Å²) in [5.41, 5.74) is 2.69. The van der Waals surface area contributed by atoms with Gasteiger partial charge in [0, 0.05) is 29.1 Å². The molecule has 2 N–H and O–H groups in total. The fourth-order valence-corrected chi connectivity index (χ4v) is 5.00. The molecule has 0 saturated heterocycles. The Morgan fingerprint density at radius 2 is 1.19 bits per heavy atom. The lowest BCUT2D eigenvalue weighted by molar-refractivity contribution is -0.0980. The predicted octanol–water partition coefficient (Wildman–Crippen LogP) is 4.10. The Labute approximate surface area is 182 Å². The second-order valence-electron chi connectivity index (χ2n) is 7.77. The van der Waals surface area contributed by atoms with Crippen molar-refractivity contribution in [3.63, 3.8) is 0 Å². The summed E-state index contributed by atoms with van der Waals surface area (Å²) in [7, 11) is 1.63. The van der Waals surface area contributed by atoms with Crippen LogP contribution in [0.2, 0.25) is 0 Å². The van der Waals surface area contributed by atoms with Gasteiger partial charge in [-0.15, -0.1) is 0 Å². The molecule has 0 radical (unpaired) electrons. The highest BCUT2D eigenvalue weighted by atomic mass is 16.2. The van der Waals surface area contributed by atoms with Crippen LogP contribution in [0, 0.1) is 6.92 Å². The topological polar surface area (TPSA) is 92.3 Å². The van der Waals surface area contributed by atoms with E-state index in [0.717, 1.165) is 43.3 Å². The van der Waals surface area contributed by atoms with Crippen LogP contribution in [0.25, 0.3) is 43.1 Å². The van der Waals surface area contributed by atoms with Crippen LogP contribution in [0.3, 0.4) is 0 Å². The molecule has 1 aliphatic heterocycles. The molecule has 6 nitrogen and oxygen atoms in total. The predicted molar refractivity (Wildman–Crippen MR) is 125 cm³/mol. The number of hydrogen-bond donors (Lipinski definition) is 2. The van der Waals surface area contributed by atoms with Crippen molar-refractivity contribution in [3.05, 3.63) is 70.8 Å². The van der Waals surface area contributed by atoms with Crippen molar-refractivity contribution in [3.8, 4) is 0 Å². The van der Waals surface area contributed by atoms with Crippen molar-refractivity contribution in [1.82, 2.24) is 10.6 Å². The van der Waals surface area contributed by atoms with Crippen LogP contribution in [0.1, 0.15) is 36.6 Å². The first-order valence-electron chi connectivity index (χ1n) is 10.0. The Morgan fingerprint density at radius 1 is 0.719 bits per heavy atom. The molecule has 32 heavy (non-hydrogen) atoms. The molecule has 1 aliphatic rings. The van der Waals surface area contributed by atoms with Gasteiger partial charge >= 0.3 is 0 Å². The van der Waals surface area contributed by atoms with Crippen molar-refractivity contribution in [2.45, 2.75) is 6.92 Å². The maximum atomic E-state index is 12.6. The first-order chi connectivity index (χ1) is 15.5. The molecule has 6 rings (SSSR count). The van der Waals surface area contributed by atoms with Crippen molar-refractivity contribution < 1.29 is 19.2 Å². The highest BCUT2D eigenvalue weighted by molar-refractivity contribution is 6.39. The molecule has 3 amide bonds. The van der Waals surface area contributed by atoms with Crippen molar-refractivity contribution in [2.24, 2.45) is 0 Å². The smallest absolute Gasteiger partial charge is 0.258 e. The van der Waals surface area contributed by atoms with Crippen molar-refractivity contribution in [1.29, 1.82) is 0 Å². The van der Waals surface area contributed by atoms with Gasteiger partial charge in [-0.25, -0.2) is 0 Å². The summed E-state index contributed by atoms with van der Waals surface area (Å²) in [6.07, 6.45) is 0. The maximum Gasteiger partial charge on any atom is 0.258 e. The van der Waals surface area contributed by atoms with Crippen LogP contribution in [0.5, 0.6) is 0 Å². The summed E-state index contributed by atoms with van der Waals surface area (Å²) >= 11 is 0. The standard InChI is InChI=1S/C25H16N2O3.CH2O/c1-11-3-4-12-14-6-9-17-22-18(25(30)27-24(17)29)10-7-15(21(14)22)13-5-8-16(23(28)26-2)19(11)20(12)13;1-2/h3-10H,1-2H3,(H,26,28)(H,27,29,30);1H2. The van der Waals surface area contributed by atoms with E-state index in [-0.39, 0.29) is 17.7 Å². The summed E-state index contributed by atoms with van der Waals surface area (Å²) in [5.74, 6) is -0.864. The van der Waals surface area contributed by atoms with Gasteiger partial charge in [-0.1, -0.05) is 30.3 Å². The molecule has 0 fully saturated rings. The molecule has 0 saturated carbocycles. The number of nitrogens with one attached hydrogen (secondary N) is 2. The highest BCUT2D eigenvalue weighted by Crippen LogP contribution is 2.44. The molecule has 156 valence electrons. The molecule has 0 bridgehead atoms. The Balaban J connectivity index is 0.00000105. The van der Waals surface area contributed by atoms with Gasteiger partial charge in [-0.05, 0) is 68.4 Å². The summed E-state index contributed by atoms with van der Waals surface area (Å²) in [6.45, 7) is 4.01. The minimum Gasteiger partial charge on any atom is -0.355 e. The van der Waals surface area contributed by atoms with Gasteiger partial charge < -0.3 is 10.1 Å². The van der Waals surface area contributed by atoms with Gasteiger partial charge in [0.05, 0.1) is 0 Å². The number of carbonyl (C=O) groups excluding carboxylic acids is 4. The number of hydrogen-bond acceptors (Lipinski definition) is 4. The summed E-state index contributed by atoms with van der Waals surface area (Å²) in [4.78, 5) is 45.5. The van der Waals surface area contributed by atoms with Crippen LogP contribution in [0.15, 0.2) is 48.5 Å². The summed E-state index contributed by atoms with van der Waals surface area (Å²) < 4.78 is 0. The summed E-state index contributed by atoms with van der Waals surface area (Å²) in [5, 5.41) is 12.7. The molecule has 6 heteroatoms. The quantitative estimate of drug-likeness (QED) is 0.242. The summed E-state index contributed by atoms with van der Waals surface area (Å²) in [6, 6.07) is 15.4. The monoisotopic (exact) mass is 422 g/mol. The Kier molecular flexibility index (Phi) is 4.20. The molecule has 0 unspecified atom stereocenters. The minimum absolute atomic E-state index is 0.125. The first kappa shape index (κ1) is 19.6. The fraction of sp³-hybridized carbons (Fsp3) is 0.0769. The molecule has 0 spiro atoms. The number of benzene rings is 5. The second kappa shape index (κ2) is 6.85. The fourth-order valence-electron chi connectivity index (χ4n) is 5.00. The first-order valence-corrected chi connectivity index (χ1v) is 10.0. The second-order valence-corrected chi connectivity index (χ2v) is 7.77. The van der Waals surface area contributed by atoms with Crippen molar-refractivity contribution >= 4 is 67.6 Å². The van der Waals surface area contributed by atoms with Gasteiger partial charge in [0.2, 0.25) is 0 Å². The Bertz CT molecular complexity index is 1570. The van der Waals surface area contributed by atoms with E-state index in [1.807, 2.05) is 44.0 Å². The largest absolute Gasteiger partial charge is 0.355 e. The average Bonchev–Trinajstić information content (AvgIpc) is 2.82. The Hall–Kier alpha value is -4.32. The SMILES string of the molecule is C=O.CNC(=O)c1ccc2c3ccc4c5c(ccc(c6ccc(C)c1c62)c53)C(=O)NC4=O. The molecule has 1 heterocycles. The lowest BCUT2D eigenvalue weighted by Crippen LogP contribution is -2.34. The van der Waals surface area contributed by atoms with E-state index in [1.165, 1.54) is 0 Å². The zero-order chi connectivity index (χ0) is 22.7. The van der Waals surface area contributed by atoms with Gasteiger partial charge in [0.15, 0.2) is 0 Å². The van der Waals surface area contributed by atoms with E-state index in [9.17, 15) is 14.4 Å². The molecule has 5 aromatic rings. The van der Waals surface area contributed by atoms with Crippen molar-refractivity contribution in [2.75, 3.05) is 7.05 Å². The van der Waals surface area contributed by atoms with Gasteiger partial charge in [-0.2, -0.15) is 0 Å². The van der Waals surface area contributed by atoms with E-state index in [1.54, 1.807) is 19.2 Å². The lowest BCUT2D eigenvalue weighted by atomic mass is 9.83. The van der Waals surface area contributed by atoms with Gasteiger partial charge in [0.25, 0.3) is 17.7 Å². The molecule has 0 aliphatic carbocycles. The van der Waals surface area contributed by atoms with Gasteiger partial charge in [0.1, 0.15) is 6.79 Å². The molecule has 0 atom stereocenters. The molecule has 5 aromatic carbocycles. The van der Waals surface area contributed by atoms with E-state index in [2.05, 4.69) is 16.7 Å². The molecule has 0 aromatic heterocycles. The van der Waals surface area contributed by atoms with Crippen LogP contribution < -0.4 is 10.6 Å². The number of aryl methyl sites for hydroxylation is 1. The highest BCUT2D eigenvalue weighted by Gasteiger charge is 2.28. The van der Waals surface area contributed by atoms with Crippen LogP contribution in [0.4, 0.5) is 0 Å². The molecular weight excluding hydrogens is 404 g/mol. The third-order valence-corrected chi connectivity index (χ3v) is 6.30. The van der Waals surface area contributed by atoms with Crippen LogP contribution in [-0.4, -0.2) is 31.6 Å². The van der Waals surface area contributed by atoms with E-state index in [4.69, 9.17) is 4.79 Å². The zero-order valence-corrected chi connectivity index (χ0v) is 17.5. The number of rotatable bonds is 1. The Morgan fingerprint density at radius 3 is 1.72 bits per heavy atom. The van der Waals surface area contributed by atoms with E-state index in [0.29, 0.717) is 22.1 Å². The minimum atomic E-state index is -0.369. The number of carbonyl (C=O) groups is 4. The third-order valence-electron chi connectivity index (χ3n) is 6.30. The maximum absolute atomic E-state index is 12.6. The van der Waals surface area contributed by atoms with Crippen LogP contribution in [-0.2, 0) is 4.79 Å². The van der Waals surface area contributed by atoms with Crippen LogP contribution >= 0.6 is 0 Å². The average molecular weight is 422 g/mol. The molecular formula is C26H18N2O4. The number of fused-ring (bicyclic) bond motifs is 2. The number of imide groups is 1. The lowest BCUT2D eigenvalue weighted by Gasteiger charge is -2.22. The van der Waals surface area contributed by atoms with E-state index >= 15 is 0 Å². The number of amides is 3. The zero-order valence-electron chi connectivity index (χ0n) is 17.5. The third kappa shape index (κ3) is 2.34. The van der Waals surface area contributed by atoms with Gasteiger partial charge in [-0.3, -0.25) is 19.7 Å².